The first kappa shape index (κ1) is 34.8. The third-order valence-electron chi connectivity index (χ3n) is 9.51. The zero-order chi connectivity index (χ0) is 36.5. The van der Waals surface area contributed by atoms with Crippen LogP contribution in [0, 0.1) is 11.6 Å². The van der Waals surface area contributed by atoms with Crippen LogP contribution >= 0.6 is 0 Å². The van der Waals surface area contributed by atoms with Gasteiger partial charge in [-0.15, -0.1) is 10.2 Å². The van der Waals surface area contributed by atoms with Crippen molar-refractivity contribution >= 4 is 6.29 Å². The van der Waals surface area contributed by atoms with Crippen LogP contribution in [0.25, 0.3) is 45.3 Å². The van der Waals surface area contributed by atoms with E-state index in [9.17, 15) is 18.7 Å². The second-order valence-corrected chi connectivity index (χ2v) is 13.5. The van der Waals surface area contributed by atoms with Crippen molar-refractivity contribution in [3.05, 3.63) is 93.8 Å². The number of hydrogen-bond acceptors (Lipinski definition) is 10. The first-order valence-corrected chi connectivity index (χ1v) is 17.4. The number of pyridine rings is 2. The number of rotatable bonds is 6. The van der Waals surface area contributed by atoms with Crippen molar-refractivity contribution in [2.24, 2.45) is 0 Å². The Morgan fingerprint density at radius 1 is 0.712 bits per heavy atom. The molecule has 0 unspecified atom stereocenters. The summed E-state index contributed by atoms with van der Waals surface area (Å²) in [7, 11) is 0. The molecule has 0 saturated carbocycles. The van der Waals surface area contributed by atoms with Gasteiger partial charge in [-0.2, -0.15) is 0 Å². The molecular formula is C38H38F2N10O2. The average molecular weight is 705 g/mol. The summed E-state index contributed by atoms with van der Waals surface area (Å²) in [6.45, 7) is 9.36. The lowest BCUT2D eigenvalue weighted by molar-refractivity contribution is 0.112. The largest absolute Gasteiger partial charge is 0.392 e. The zero-order valence-corrected chi connectivity index (χ0v) is 29.4. The summed E-state index contributed by atoms with van der Waals surface area (Å²) in [6.07, 6.45) is 4.08. The molecule has 0 fully saturated rings. The SMILES string of the molecule is CC(C)c1nc2c(c(-c3ccc(F)cc3)c1C=O)CCCn1nnnc1-2.CC(C)c1nc2c(c(-c3ccc(F)cc3)c1CO)CCCn1nnnc1-2. The summed E-state index contributed by atoms with van der Waals surface area (Å²) in [4.78, 5) is 21.7. The van der Waals surface area contributed by atoms with Crippen molar-refractivity contribution in [1.29, 1.82) is 0 Å². The fourth-order valence-corrected chi connectivity index (χ4v) is 7.17. The number of halogens is 2. The van der Waals surface area contributed by atoms with Gasteiger partial charge in [0, 0.05) is 29.9 Å². The van der Waals surface area contributed by atoms with Crippen LogP contribution in [-0.4, -0.2) is 61.8 Å². The highest BCUT2D eigenvalue weighted by Crippen LogP contribution is 2.40. The molecule has 0 bridgehead atoms. The van der Waals surface area contributed by atoms with Crippen LogP contribution in [0.2, 0.25) is 0 Å². The highest BCUT2D eigenvalue weighted by molar-refractivity contribution is 5.93. The van der Waals surface area contributed by atoms with Gasteiger partial charge in [-0.05, 0) is 116 Å². The molecule has 6 heterocycles. The minimum absolute atomic E-state index is 0.0484. The Hall–Kier alpha value is -5.63. The Labute approximate surface area is 299 Å². The first-order chi connectivity index (χ1) is 25.2. The summed E-state index contributed by atoms with van der Waals surface area (Å²) in [5.41, 5.74) is 9.72. The predicted octanol–water partition coefficient (Wildman–Crippen LogP) is 6.53. The van der Waals surface area contributed by atoms with E-state index in [0.717, 1.165) is 82.3 Å². The fourth-order valence-electron chi connectivity index (χ4n) is 7.17. The Bertz CT molecular complexity index is 2250. The quantitative estimate of drug-likeness (QED) is 0.190. The second-order valence-electron chi connectivity index (χ2n) is 13.5. The van der Waals surface area contributed by atoms with Gasteiger partial charge >= 0.3 is 0 Å². The molecular weight excluding hydrogens is 666 g/mol. The zero-order valence-electron chi connectivity index (χ0n) is 29.4. The predicted molar refractivity (Wildman–Crippen MR) is 189 cm³/mol. The molecule has 8 rings (SSSR count). The maximum Gasteiger partial charge on any atom is 0.200 e. The molecule has 0 aliphatic carbocycles. The molecule has 0 amide bonds. The smallest absolute Gasteiger partial charge is 0.200 e. The van der Waals surface area contributed by atoms with E-state index < -0.39 is 0 Å². The highest BCUT2D eigenvalue weighted by atomic mass is 19.1. The molecule has 52 heavy (non-hydrogen) atoms. The Morgan fingerprint density at radius 2 is 1.17 bits per heavy atom. The molecule has 0 atom stereocenters. The number of nitrogens with zero attached hydrogens (tertiary/aromatic N) is 10. The highest BCUT2D eigenvalue weighted by Gasteiger charge is 2.29. The van der Waals surface area contributed by atoms with E-state index in [2.05, 4.69) is 31.1 Å². The van der Waals surface area contributed by atoms with Crippen LogP contribution in [0.5, 0.6) is 0 Å². The molecule has 14 heteroatoms. The summed E-state index contributed by atoms with van der Waals surface area (Å²) in [6, 6.07) is 12.6. The summed E-state index contributed by atoms with van der Waals surface area (Å²) < 4.78 is 30.4. The maximum atomic E-state index is 13.5. The number of aliphatic hydroxyl groups is 1. The molecule has 2 aliphatic rings. The van der Waals surface area contributed by atoms with Gasteiger partial charge in [-0.25, -0.2) is 28.1 Å². The lowest BCUT2D eigenvalue weighted by Crippen LogP contribution is -2.09. The number of carbonyl (C=O) groups is 1. The lowest BCUT2D eigenvalue weighted by Gasteiger charge is -2.21. The Kier molecular flexibility index (Phi) is 9.73. The topological polar surface area (TPSA) is 150 Å². The molecule has 266 valence electrons. The number of aliphatic hydroxyl groups excluding tert-OH is 1. The number of aromatic nitrogens is 10. The first-order valence-electron chi connectivity index (χ1n) is 17.4. The van der Waals surface area contributed by atoms with E-state index in [0.29, 0.717) is 41.7 Å². The standard InChI is InChI=1S/C19H20FN5O.C19H18FN5O/c2*1-11(2)17-15(10-26)16(12-5-7-13(20)8-6-12)14-4-3-9-25-19(18(14)21-17)22-23-24-25/h5-8,11,26H,3-4,9-10H2,1-2H3;5-8,10-11H,3-4,9H2,1-2H3. The van der Waals surface area contributed by atoms with Gasteiger partial charge in [-0.1, -0.05) is 52.0 Å². The molecule has 2 aromatic carbocycles. The van der Waals surface area contributed by atoms with Crippen molar-refractivity contribution in [3.8, 4) is 45.3 Å². The molecule has 0 radical (unpaired) electrons. The van der Waals surface area contributed by atoms with Gasteiger partial charge in [0.25, 0.3) is 0 Å². The van der Waals surface area contributed by atoms with Gasteiger partial charge in [0.05, 0.1) is 12.3 Å². The van der Waals surface area contributed by atoms with Crippen LogP contribution in [0.1, 0.15) is 90.8 Å². The molecule has 0 saturated heterocycles. The lowest BCUT2D eigenvalue weighted by atomic mass is 9.88. The van der Waals surface area contributed by atoms with Crippen LogP contribution < -0.4 is 0 Å². The van der Waals surface area contributed by atoms with Gasteiger partial charge in [-0.3, -0.25) is 4.79 Å². The summed E-state index contributed by atoms with van der Waals surface area (Å²) >= 11 is 0. The molecule has 4 aromatic heterocycles. The van der Waals surface area contributed by atoms with E-state index in [1.807, 2.05) is 27.7 Å². The monoisotopic (exact) mass is 704 g/mol. The molecule has 12 nitrogen and oxygen atoms in total. The number of aldehydes is 1. The number of carbonyl (C=O) groups excluding carboxylic acids is 1. The van der Waals surface area contributed by atoms with Crippen molar-refractivity contribution in [2.45, 2.75) is 84.9 Å². The third kappa shape index (κ3) is 6.38. The van der Waals surface area contributed by atoms with E-state index in [4.69, 9.17) is 9.97 Å². The number of aryl methyl sites for hydroxylation is 2. The van der Waals surface area contributed by atoms with E-state index in [1.165, 1.54) is 24.3 Å². The number of hydrogen-bond donors (Lipinski definition) is 1. The van der Waals surface area contributed by atoms with Gasteiger partial charge in [0.15, 0.2) is 6.29 Å². The van der Waals surface area contributed by atoms with Gasteiger partial charge < -0.3 is 5.11 Å². The van der Waals surface area contributed by atoms with Crippen molar-refractivity contribution in [3.63, 3.8) is 0 Å². The van der Waals surface area contributed by atoms with Crippen LogP contribution in [0.15, 0.2) is 48.5 Å². The molecule has 0 spiro atoms. The number of benzene rings is 2. The van der Waals surface area contributed by atoms with Gasteiger partial charge in [0.1, 0.15) is 23.0 Å². The number of fused-ring (bicyclic) bond motifs is 6. The van der Waals surface area contributed by atoms with E-state index in [1.54, 1.807) is 33.6 Å². The minimum Gasteiger partial charge on any atom is -0.392 e. The number of tetrazole rings is 2. The molecule has 6 aromatic rings. The average Bonchev–Trinajstić information content (AvgIpc) is 3.73. The van der Waals surface area contributed by atoms with Gasteiger partial charge in [0.2, 0.25) is 11.6 Å². The van der Waals surface area contributed by atoms with Crippen molar-refractivity contribution in [1.82, 2.24) is 50.4 Å². The normalized spacial score (nSPS) is 13.3. The van der Waals surface area contributed by atoms with Crippen LogP contribution in [-0.2, 0) is 32.5 Å². The Balaban J connectivity index is 0.000000162. The molecule has 2 aliphatic heterocycles. The maximum absolute atomic E-state index is 13.5. The molecule has 1 N–H and O–H groups in total. The minimum atomic E-state index is -0.311. The third-order valence-corrected chi connectivity index (χ3v) is 9.51. The summed E-state index contributed by atoms with van der Waals surface area (Å²) in [5.74, 6) is 0.830. The van der Waals surface area contributed by atoms with Crippen molar-refractivity contribution in [2.75, 3.05) is 0 Å². The summed E-state index contributed by atoms with van der Waals surface area (Å²) in [5, 5.41) is 34.2. The fraction of sp³-hybridized carbons (Fsp3) is 0.342. The van der Waals surface area contributed by atoms with E-state index >= 15 is 0 Å². The van der Waals surface area contributed by atoms with Crippen LogP contribution in [0.3, 0.4) is 0 Å². The second kappa shape index (κ2) is 14.5. The van der Waals surface area contributed by atoms with E-state index in [-0.39, 0.29) is 30.1 Å². The van der Waals surface area contributed by atoms with Crippen LogP contribution in [0.4, 0.5) is 8.78 Å². The Morgan fingerprint density at radius 3 is 1.63 bits per heavy atom. The van der Waals surface area contributed by atoms with Crippen molar-refractivity contribution < 1.29 is 18.7 Å².